The van der Waals surface area contributed by atoms with Crippen LogP contribution in [0.5, 0.6) is 5.75 Å². The molecule has 0 aromatic heterocycles. The van der Waals surface area contributed by atoms with Gasteiger partial charge in [0.05, 0.1) is 0 Å². The van der Waals surface area contributed by atoms with Gasteiger partial charge < -0.3 is 5.11 Å². The molecule has 0 fully saturated rings. The summed E-state index contributed by atoms with van der Waals surface area (Å²) in [4.78, 5) is 0. The minimum absolute atomic E-state index is 0.444. The van der Waals surface area contributed by atoms with Crippen LogP contribution in [-0.4, -0.2) is 5.11 Å². The van der Waals surface area contributed by atoms with Crippen molar-refractivity contribution in [3.63, 3.8) is 0 Å². The monoisotopic (exact) mass is 206 g/mol. The second kappa shape index (κ2) is 6.49. The summed E-state index contributed by atoms with van der Waals surface area (Å²) in [6.45, 7) is 4.50. The summed E-state index contributed by atoms with van der Waals surface area (Å²) in [5, 5.41) is 9.63. The van der Waals surface area contributed by atoms with Crippen LogP contribution in [0.4, 0.5) is 0 Å². The van der Waals surface area contributed by atoms with Crippen LogP contribution in [-0.2, 0) is 6.42 Å². The van der Waals surface area contributed by atoms with Gasteiger partial charge in [-0.15, -0.1) is 0 Å². The van der Waals surface area contributed by atoms with Crippen LogP contribution < -0.4 is 0 Å². The molecule has 0 bridgehead atoms. The highest BCUT2D eigenvalue weighted by molar-refractivity contribution is 5.31. The Morgan fingerprint density at radius 2 is 1.93 bits per heavy atom. The third-order valence-electron chi connectivity index (χ3n) is 2.86. The van der Waals surface area contributed by atoms with Crippen molar-refractivity contribution in [3.05, 3.63) is 29.8 Å². The van der Waals surface area contributed by atoms with E-state index in [1.54, 1.807) is 6.07 Å². The first-order valence-electron chi connectivity index (χ1n) is 6.01. The van der Waals surface area contributed by atoms with E-state index in [9.17, 15) is 5.11 Å². The molecule has 0 aliphatic rings. The lowest BCUT2D eigenvalue weighted by Crippen LogP contribution is -1.99. The van der Waals surface area contributed by atoms with Gasteiger partial charge in [0, 0.05) is 0 Å². The molecule has 1 unspecified atom stereocenters. The zero-order chi connectivity index (χ0) is 11.1. The van der Waals surface area contributed by atoms with Crippen LogP contribution in [0.1, 0.15) is 45.1 Å². The molecule has 15 heavy (non-hydrogen) atoms. The van der Waals surface area contributed by atoms with Crippen LogP contribution in [0.3, 0.4) is 0 Å². The number of para-hydroxylation sites is 1. The summed E-state index contributed by atoms with van der Waals surface area (Å²) in [7, 11) is 0. The highest BCUT2D eigenvalue weighted by atomic mass is 16.3. The van der Waals surface area contributed by atoms with Gasteiger partial charge in [0.2, 0.25) is 0 Å². The standard InChI is InChI=1S/C14H22O/c1-3-4-5-8-12(2)11-13-9-6-7-10-14(13)15/h6-7,9-10,12,15H,3-5,8,11H2,1-2H3. The van der Waals surface area contributed by atoms with Gasteiger partial charge >= 0.3 is 0 Å². The van der Waals surface area contributed by atoms with Gasteiger partial charge in [-0.3, -0.25) is 0 Å². The number of benzene rings is 1. The fourth-order valence-corrected chi connectivity index (χ4v) is 1.90. The molecule has 0 saturated heterocycles. The van der Waals surface area contributed by atoms with Gasteiger partial charge in [0.15, 0.2) is 0 Å². The minimum Gasteiger partial charge on any atom is -0.508 e. The zero-order valence-electron chi connectivity index (χ0n) is 9.87. The summed E-state index contributed by atoms with van der Waals surface area (Å²) in [5.41, 5.74) is 1.08. The zero-order valence-corrected chi connectivity index (χ0v) is 9.87. The Hall–Kier alpha value is -0.980. The van der Waals surface area contributed by atoms with Crippen LogP contribution in [0, 0.1) is 5.92 Å². The molecule has 0 saturated carbocycles. The van der Waals surface area contributed by atoms with Crippen LogP contribution in [0.15, 0.2) is 24.3 Å². The van der Waals surface area contributed by atoms with Crippen LogP contribution in [0.2, 0.25) is 0 Å². The van der Waals surface area contributed by atoms with Crippen LogP contribution in [0.25, 0.3) is 0 Å². The first-order chi connectivity index (χ1) is 7.24. The van der Waals surface area contributed by atoms with Gasteiger partial charge in [0.25, 0.3) is 0 Å². The Balaban J connectivity index is 2.37. The lowest BCUT2D eigenvalue weighted by molar-refractivity contribution is 0.448. The number of aromatic hydroxyl groups is 1. The molecule has 1 aromatic carbocycles. The number of hydrogen-bond donors (Lipinski definition) is 1. The van der Waals surface area contributed by atoms with E-state index in [-0.39, 0.29) is 0 Å². The average molecular weight is 206 g/mol. The third kappa shape index (κ3) is 4.37. The van der Waals surface area contributed by atoms with E-state index in [1.165, 1.54) is 25.7 Å². The molecule has 1 N–H and O–H groups in total. The van der Waals surface area contributed by atoms with Gasteiger partial charge in [-0.25, -0.2) is 0 Å². The first-order valence-corrected chi connectivity index (χ1v) is 6.01. The van der Waals surface area contributed by atoms with E-state index >= 15 is 0 Å². The molecule has 1 heteroatoms. The van der Waals surface area contributed by atoms with E-state index in [0.717, 1.165) is 12.0 Å². The van der Waals surface area contributed by atoms with Crippen molar-refractivity contribution in [2.75, 3.05) is 0 Å². The predicted molar refractivity (Wildman–Crippen MR) is 65.1 cm³/mol. The van der Waals surface area contributed by atoms with Crippen molar-refractivity contribution in [1.29, 1.82) is 0 Å². The molecule has 0 aliphatic carbocycles. The topological polar surface area (TPSA) is 20.2 Å². The number of hydrogen-bond acceptors (Lipinski definition) is 1. The maximum atomic E-state index is 9.63. The number of rotatable bonds is 6. The highest BCUT2D eigenvalue weighted by Crippen LogP contribution is 2.22. The van der Waals surface area contributed by atoms with Crippen molar-refractivity contribution in [3.8, 4) is 5.75 Å². The normalized spacial score (nSPS) is 12.7. The summed E-state index contributed by atoms with van der Waals surface area (Å²) < 4.78 is 0. The Bertz CT molecular complexity index is 280. The number of unbranched alkanes of at least 4 members (excludes halogenated alkanes) is 2. The molecule has 1 aromatic rings. The summed E-state index contributed by atoms with van der Waals surface area (Å²) in [5.74, 6) is 1.12. The Kier molecular flexibility index (Phi) is 5.23. The van der Waals surface area contributed by atoms with E-state index in [2.05, 4.69) is 13.8 Å². The third-order valence-corrected chi connectivity index (χ3v) is 2.86. The van der Waals surface area contributed by atoms with Crippen molar-refractivity contribution in [2.45, 2.75) is 46.0 Å². The van der Waals surface area contributed by atoms with Gasteiger partial charge in [-0.1, -0.05) is 57.7 Å². The molecule has 1 nitrogen and oxygen atoms in total. The summed E-state index contributed by atoms with van der Waals surface area (Å²) >= 11 is 0. The van der Waals surface area contributed by atoms with E-state index in [0.29, 0.717) is 11.7 Å². The molecule has 0 aliphatic heterocycles. The second-order valence-corrected chi connectivity index (χ2v) is 4.43. The molecule has 84 valence electrons. The van der Waals surface area contributed by atoms with Crippen molar-refractivity contribution >= 4 is 0 Å². The van der Waals surface area contributed by atoms with Gasteiger partial charge in [0.1, 0.15) is 5.75 Å². The molecule has 0 amide bonds. The van der Waals surface area contributed by atoms with E-state index in [4.69, 9.17) is 0 Å². The molecular weight excluding hydrogens is 184 g/mol. The van der Waals surface area contributed by atoms with Crippen molar-refractivity contribution in [2.24, 2.45) is 5.92 Å². The summed E-state index contributed by atoms with van der Waals surface area (Å²) in [6.07, 6.45) is 6.18. The Labute approximate surface area is 93.1 Å². The molecule has 0 spiro atoms. The Morgan fingerprint density at radius 3 is 2.60 bits per heavy atom. The number of phenolic OH excluding ortho intramolecular Hbond substituents is 1. The second-order valence-electron chi connectivity index (χ2n) is 4.43. The van der Waals surface area contributed by atoms with E-state index < -0.39 is 0 Å². The average Bonchev–Trinajstić information content (AvgIpc) is 2.22. The van der Waals surface area contributed by atoms with Crippen molar-refractivity contribution in [1.82, 2.24) is 0 Å². The lowest BCUT2D eigenvalue weighted by Gasteiger charge is -2.11. The van der Waals surface area contributed by atoms with Crippen molar-refractivity contribution < 1.29 is 5.11 Å². The molecule has 0 heterocycles. The smallest absolute Gasteiger partial charge is 0.118 e. The predicted octanol–water partition coefficient (Wildman–Crippen LogP) is 4.15. The first kappa shape index (κ1) is 12.1. The maximum Gasteiger partial charge on any atom is 0.118 e. The Morgan fingerprint density at radius 1 is 1.20 bits per heavy atom. The fourth-order valence-electron chi connectivity index (χ4n) is 1.90. The minimum atomic E-state index is 0.444. The SMILES string of the molecule is CCCCCC(C)Cc1ccccc1O. The maximum absolute atomic E-state index is 9.63. The van der Waals surface area contributed by atoms with E-state index in [1.807, 2.05) is 18.2 Å². The quantitative estimate of drug-likeness (QED) is 0.693. The lowest BCUT2D eigenvalue weighted by atomic mass is 9.95. The molecule has 1 atom stereocenters. The van der Waals surface area contributed by atoms with Gasteiger partial charge in [-0.05, 0) is 24.0 Å². The fraction of sp³-hybridized carbons (Fsp3) is 0.571. The molecule has 0 radical (unpaired) electrons. The molecular formula is C14H22O. The molecule has 1 rings (SSSR count). The number of phenols is 1. The summed E-state index contributed by atoms with van der Waals surface area (Å²) in [6, 6.07) is 7.66. The van der Waals surface area contributed by atoms with Crippen LogP contribution >= 0.6 is 0 Å². The largest absolute Gasteiger partial charge is 0.508 e. The van der Waals surface area contributed by atoms with Gasteiger partial charge in [-0.2, -0.15) is 0 Å². The highest BCUT2D eigenvalue weighted by Gasteiger charge is 2.06.